The van der Waals surface area contributed by atoms with Crippen LogP contribution in [0, 0.1) is 5.82 Å². The molecular weight excluding hydrogens is 447 g/mol. The summed E-state index contributed by atoms with van der Waals surface area (Å²) in [6.07, 6.45) is 3.55. The molecule has 0 atom stereocenters. The zero-order valence-electron chi connectivity index (χ0n) is 18.0. The third-order valence-corrected chi connectivity index (χ3v) is 6.14. The lowest BCUT2D eigenvalue weighted by Gasteiger charge is -2.36. The molecule has 1 aliphatic rings. The molecule has 0 radical (unpaired) electrons. The number of fused-ring (bicyclic) bond motifs is 3. The molecule has 3 aromatic heterocycles. The zero-order chi connectivity index (χ0) is 23.1. The summed E-state index contributed by atoms with van der Waals surface area (Å²) in [6.45, 7) is 3.49. The van der Waals surface area contributed by atoms with Crippen molar-refractivity contribution in [1.82, 2.24) is 23.7 Å². The number of anilines is 1. The van der Waals surface area contributed by atoms with E-state index in [4.69, 9.17) is 11.8 Å². The number of pyridine rings is 1. The molecule has 8 nitrogen and oxygen atoms in total. The predicted octanol–water partition coefficient (Wildman–Crippen LogP) is 2.86. The maximum absolute atomic E-state index is 14.7. The molecule has 10 heteroatoms. The summed E-state index contributed by atoms with van der Waals surface area (Å²) in [5, 5.41) is 0. The fourth-order valence-electron chi connectivity index (χ4n) is 4.30. The molecule has 1 aliphatic heterocycles. The maximum atomic E-state index is 14.7. The van der Waals surface area contributed by atoms with Crippen LogP contribution in [0.1, 0.15) is 15.9 Å². The highest BCUT2D eigenvalue weighted by Crippen LogP contribution is 2.24. The molecular formula is C23H22ClFN6O2. The van der Waals surface area contributed by atoms with Crippen molar-refractivity contribution in [3.05, 3.63) is 76.2 Å². The first-order valence-corrected chi connectivity index (χ1v) is 10.9. The van der Waals surface area contributed by atoms with Crippen LogP contribution in [0.3, 0.4) is 0 Å². The van der Waals surface area contributed by atoms with Crippen LogP contribution in [-0.4, -0.2) is 62.8 Å². The van der Waals surface area contributed by atoms with Gasteiger partial charge in [-0.3, -0.25) is 23.5 Å². The predicted molar refractivity (Wildman–Crippen MR) is 125 cm³/mol. The van der Waals surface area contributed by atoms with Crippen molar-refractivity contribution in [1.29, 1.82) is 0 Å². The number of H-pyrrole nitrogens is 1. The van der Waals surface area contributed by atoms with Crippen molar-refractivity contribution < 1.29 is 9.18 Å². The average Bonchev–Trinajstić information content (AvgIpc) is 3.30. The van der Waals surface area contributed by atoms with Gasteiger partial charge in [0.15, 0.2) is 0 Å². The number of hydrogen-bond donors (Lipinski definition) is 1. The zero-order valence-corrected chi connectivity index (χ0v) is 18.7. The van der Waals surface area contributed by atoms with Crippen molar-refractivity contribution in [2.75, 3.05) is 38.1 Å². The van der Waals surface area contributed by atoms with Gasteiger partial charge in [-0.2, -0.15) is 0 Å². The number of aromatic amines is 1. The molecule has 0 unspecified atom stereocenters. The van der Waals surface area contributed by atoms with Crippen LogP contribution >= 0.6 is 11.8 Å². The van der Waals surface area contributed by atoms with Crippen LogP contribution in [0.4, 0.5) is 10.1 Å². The van der Waals surface area contributed by atoms with E-state index in [0.717, 1.165) is 34.1 Å². The molecule has 0 aliphatic carbocycles. The Bertz CT molecular complexity index is 1410. The molecule has 1 N–H and O–H groups in total. The van der Waals surface area contributed by atoms with Crippen LogP contribution in [0.5, 0.6) is 0 Å². The molecule has 5 rings (SSSR count). The highest BCUT2D eigenvalue weighted by molar-refractivity contribution is 6.23. The molecule has 1 aromatic carbocycles. The van der Waals surface area contributed by atoms with Crippen LogP contribution in [0.25, 0.3) is 16.6 Å². The summed E-state index contributed by atoms with van der Waals surface area (Å²) in [5.41, 5.74) is 3.74. The fraction of sp³-hybridized carbons (Fsp3) is 0.261. The van der Waals surface area contributed by atoms with Crippen LogP contribution < -0.4 is 10.6 Å². The number of nitrogens with one attached hydrogen (secondary N) is 1. The molecule has 33 heavy (non-hydrogen) atoms. The molecule has 1 amide bonds. The van der Waals surface area contributed by atoms with E-state index >= 15 is 0 Å². The second-order valence-corrected chi connectivity index (χ2v) is 8.65. The van der Waals surface area contributed by atoms with Gasteiger partial charge in [-0.25, -0.2) is 9.18 Å². The number of amides is 1. The SMILES string of the molecule is CN(Cl)C(=O)c1ccc(N2CCN(Cc3cnc4c(c3)[nH]c(=O)n3cccc43)CC2)c(F)c1. The van der Waals surface area contributed by atoms with Gasteiger partial charge in [0.2, 0.25) is 0 Å². The van der Waals surface area contributed by atoms with Crippen molar-refractivity contribution >= 4 is 39.9 Å². The lowest BCUT2D eigenvalue weighted by atomic mass is 10.1. The monoisotopic (exact) mass is 468 g/mol. The Morgan fingerprint density at radius 1 is 1.21 bits per heavy atom. The lowest BCUT2D eigenvalue weighted by molar-refractivity contribution is 0.0884. The van der Waals surface area contributed by atoms with Gasteiger partial charge >= 0.3 is 5.69 Å². The molecule has 1 fully saturated rings. The molecule has 170 valence electrons. The number of nitrogens with zero attached hydrogens (tertiary/aromatic N) is 5. The van der Waals surface area contributed by atoms with Crippen LogP contribution in [0.15, 0.2) is 53.6 Å². The van der Waals surface area contributed by atoms with E-state index in [1.54, 1.807) is 22.7 Å². The van der Waals surface area contributed by atoms with Crippen LogP contribution in [0.2, 0.25) is 0 Å². The second kappa shape index (κ2) is 8.49. The van der Waals surface area contributed by atoms with Crippen molar-refractivity contribution in [3.63, 3.8) is 0 Å². The van der Waals surface area contributed by atoms with Crippen molar-refractivity contribution in [2.45, 2.75) is 6.54 Å². The molecule has 0 saturated carbocycles. The largest absolute Gasteiger partial charge is 0.367 e. The molecule has 1 saturated heterocycles. The minimum atomic E-state index is -0.449. The first-order valence-electron chi connectivity index (χ1n) is 10.6. The highest BCUT2D eigenvalue weighted by atomic mass is 35.5. The van der Waals surface area contributed by atoms with Gasteiger partial charge in [0.25, 0.3) is 5.91 Å². The first kappa shape index (κ1) is 21.4. The van der Waals surface area contributed by atoms with E-state index in [0.29, 0.717) is 30.8 Å². The number of hydrogen-bond acceptors (Lipinski definition) is 5. The molecule has 0 spiro atoms. The maximum Gasteiger partial charge on any atom is 0.330 e. The Labute approximate surface area is 193 Å². The normalized spacial score (nSPS) is 14.8. The fourth-order valence-corrected chi connectivity index (χ4v) is 4.40. The van der Waals surface area contributed by atoms with Gasteiger partial charge in [0.05, 0.1) is 16.7 Å². The number of carbonyl (C=O) groups excluding carboxylic acids is 1. The Morgan fingerprint density at radius 3 is 2.73 bits per heavy atom. The summed E-state index contributed by atoms with van der Waals surface area (Å²) in [7, 11) is 1.42. The standard InChI is InChI=1S/C23H22ClFN6O2/c1-28(24)22(32)16-4-5-19(17(25)12-16)30-9-7-29(8-10-30)14-15-11-18-21(26-13-15)20-3-2-6-31(20)23(33)27-18/h2-6,11-13H,7-10,14H2,1H3,(H,27,33). The number of benzene rings is 1. The Morgan fingerprint density at radius 2 is 2.00 bits per heavy atom. The average molecular weight is 469 g/mol. The number of piperazine rings is 1. The van der Waals surface area contributed by atoms with E-state index in [1.165, 1.54) is 13.1 Å². The Hall–Kier alpha value is -3.43. The van der Waals surface area contributed by atoms with Gasteiger partial charge in [0.1, 0.15) is 11.3 Å². The van der Waals surface area contributed by atoms with Gasteiger partial charge in [0, 0.05) is 69.5 Å². The minimum Gasteiger partial charge on any atom is -0.367 e. The van der Waals surface area contributed by atoms with E-state index in [2.05, 4.69) is 14.9 Å². The number of carbonyl (C=O) groups is 1. The lowest BCUT2D eigenvalue weighted by Crippen LogP contribution is -2.46. The third-order valence-electron chi connectivity index (χ3n) is 5.99. The topological polar surface area (TPSA) is 77.0 Å². The van der Waals surface area contributed by atoms with Gasteiger partial charge in [-0.05, 0) is 42.0 Å². The van der Waals surface area contributed by atoms with Gasteiger partial charge in [-0.15, -0.1) is 0 Å². The van der Waals surface area contributed by atoms with Gasteiger partial charge < -0.3 is 9.88 Å². The van der Waals surface area contributed by atoms with E-state index in [1.807, 2.05) is 29.3 Å². The first-order chi connectivity index (χ1) is 15.9. The summed E-state index contributed by atoms with van der Waals surface area (Å²) in [5.74, 6) is -0.887. The number of aromatic nitrogens is 3. The minimum absolute atomic E-state index is 0.192. The summed E-state index contributed by atoms with van der Waals surface area (Å²) >= 11 is 5.67. The Balaban J connectivity index is 1.27. The molecule has 4 heterocycles. The summed E-state index contributed by atoms with van der Waals surface area (Å²) < 4.78 is 17.1. The van der Waals surface area contributed by atoms with Crippen molar-refractivity contribution in [3.8, 4) is 0 Å². The smallest absolute Gasteiger partial charge is 0.330 e. The number of halogens is 2. The van der Waals surface area contributed by atoms with Crippen LogP contribution in [-0.2, 0) is 6.54 Å². The molecule has 0 bridgehead atoms. The summed E-state index contributed by atoms with van der Waals surface area (Å²) in [6, 6.07) is 10.1. The van der Waals surface area contributed by atoms with E-state index in [-0.39, 0.29) is 11.3 Å². The Kier molecular flexibility index (Phi) is 5.51. The van der Waals surface area contributed by atoms with Gasteiger partial charge in [-0.1, -0.05) is 0 Å². The van der Waals surface area contributed by atoms with Crippen molar-refractivity contribution in [2.24, 2.45) is 0 Å². The quantitative estimate of drug-likeness (QED) is 0.466. The summed E-state index contributed by atoms with van der Waals surface area (Å²) in [4.78, 5) is 35.9. The van der Waals surface area contributed by atoms with E-state index < -0.39 is 11.7 Å². The molecule has 4 aromatic rings. The number of rotatable bonds is 4. The third kappa shape index (κ3) is 4.05. The highest BCUT2D eigenvalue weighted by Gasteiger charge is 2.21. The van der Waals surface area contributed by atoms with E-state index in [9.17, 15) is 14.0 Å². The second-order valence-electron chi connectivity index (χ2n) is 8.15.